The highest BCUT2D eigenvalue weighted by Gasteiger charge is 2.22. The predicted molar refractivity (Wildman–Crippen MR) is 118 cm³/mol. The second-order valence-corrected chi connectivity index (χ2v) is 8.24. The van der Waals surface area contributed by atoms with E-state index in [0.717, 1.165) is 50.9 Å². The lowest BCUT2D eigenvalue weighted by Gasteiger charge is -2.28. The van der Waals surface area contributed by atoms with Crippen molar-refractivity contribution in [2.24, 2.45) is 0 Å². The highest BCUT2D eigenvalue weighted by Crippen LogP contribution is 2.43. The van der Waals surface area contributed by atoms with E-state index in [0.29, 0.717) is 22.1 Å². The van der Waals surface area contributed by atoms with E-state index in [2.05, 4.69) is 18.7 Å². The van der Waals surface area contributed by atoms with E-state index in [4.69, 9.17) is 4.74 Å². The van der Waals surface area contributed by atoms with Gasteiger partial charge in [0.05, 0.1) is 16.1 Å². The SMILES string of the molecule is CCCCN(CCCC)c1cc(C(=O)O)cc(SCC)c1Oc1ccc(F)cc1F. The smallest absolute Gasteiger partial charge is 0.335 e. The molecule has 7 heteroatoms. The van der Waals surface area contributed by atoms with Crippen LogP contribution in [0.2, 0.25) is 0 Å². The molecule has 0 radical (unpaired) electrons. The molecule has 0 spiro atoms. The summed E-state index contributed by atoms with van der Waals surface area (Å²) in [5, 5.41) is 9.62. The molecule has 0 unspecified atom stereocenters. The Morgan fingerprint density at radius 2 is 1.73 bits per heavy atom. The molecule has 0 aliphatic rings. The van der Waals surface area contributed by atoms with E-state index in [9.17, 15) is 18.7 Å². The lowest BCUT2D eigenvalue weighted by atomic mass is 10.1. The Hall–Kier alpha value is -2.28. The van der Waals surface area contributed by atoms with E-state index in [1.54, 1.807) is 12.1 Å². The van der Waals surface area contributed by atoms with Gasteiger partial charge in [-0.25, -0.2) is 13.6 Å². The third-order valence-corrected chi connectivity index (χ3v) is 5.49. The predicted octanol–water partition coefficient (Wildman–Crippen LogP) is 6.97. The average Bonchev–Trinajstić information content (AvgIpc) is 2.71. The third kappa shape index (κ3) is 6.36. The van der Waals surface area contributed by atoms with Crippen LogP contribution in [-0.4, -0.2) is 29.9 Å². The topological polar surface area (TPSA) is 49.8 Å². The van der Waals surface area contributed by atoms with Gasteiger partial charge in [-0.3, -0.25) is 0 Å². The minimum atomic E-state index is -1.03. The van der Waals surface area contributed by atoms with E-state index < -0.39 is 17.6 Å². The van der Waals surface area contributed by atoms with Crippen molar-refractivity contribution < 1.29 is 23.4 Å². The van der Waals surface area contributed by atoms with Crippen molar-refractivity contribution in [3.63, 3.8) is 0 Å². The van der Waals surface area contributed by atoms with Gasteiger partial charge in [0, 0.05) is 19.2 Å². The Labute approximate surface area is 181 Å². The van der Waals surface area contributed by atoms with Crippen LogP contribution in [0.15, 0.2) is 35.2 Å². The summed E-state index contributed by atoms with van der Waals surface area (Å²) < 4.78 is 33.6. The molecule has 0 aromatic heterocycles. The number of nitrogens with zero attached hydrogens (tertiary/aromatic N) is 1. The minimum absolute atomic E-state index is 0.0930. The van der Waals surface area contributed by atoms with Crippen LogP contribution in [0, 0.1) is 11.6 Å². The number of carbonyl (C=O) groups is 1. The van der Waals surface area contributed by atoms with Crippen molar-refractivity contribution in [3.05, 3.63) is 47.5 Å². The zero-order valence-corrected chi connectivity index (χ0v) is 18.5. The number of halogens is 2. The average molecular weight is 438 g/mol. The van der Waals surface area contributed by atoms with Gasteiger partial charge in [0.15, 0.2) is 17.3 Å². The third-order valence-electron chi connectivity index (χ3n) is 4.59. The van der Waals surface area contributed by atoms with Crippen molar-refractivity contribution >= 4 is 23.4 Å². The summed E-state index contributed by atoms with van der Waals surface area (Å²) in [7, 11) is 0. The van der Waals surface area contributed by atoms with Gasteiger partial charge >= 0.3 is 5.97 Å². The Morgan fingerprint density at radius 1 is 1.07 bits per heavy atom. The number of carboxylic acids is 1. The maximum absolute atomic E-state index is 14.3. The van der Waals surface area contributed by atoms with E-state index >= 15 is 0 Å². The second-order valence-electron chi connectivity index (χ2n) is 6.93. The fourth-order valence-electron chi connectivity index (χ4n) is 3.03. The number of carboxylic acid groups (broad SMARTS) is 1. The zero-order chi connectivity index (χ0) is 22.1. The fourth-order valence-corrected chi connectivity index (χ4v) is 3.83. The molecule has 0 bridgehead atoms. The largest absolute Gasteiger partial charge is 0.478 e. The van der Waals surface area contributed by atoms with Gasteiger partial charge in [0.1, 0.15) is 5.82 Å². The van der Waals surface area contributed by atoms with Gasteiger partial charge in [-0.1, -0.05) is 33.6 Å². The molecule has 164 valence electrons. The summed E-state index contributed by atoms with van der Waals surface area (Å²) in [5.41, 5.74) is 0.780. The molecule has 0 aliphatic carbocycles. The molecule has 4 nitrogen and oxygen atoms in total. The van der Waals surface area contributed by atoms with E-state index in [1.165, 1.54) is 17.8 Å². The summed E-state index contributed by atoms with van der Waals surface area (Å²) in [5.74, 6) is -1.51. The van der Waals surface area contributed by atoms with Crippen LogP contribution in [0.4, 0.5) is 14.5 Å². The van der Waals surface area contributed by atoms with Gasteiger partial charge in [-0.15, -0.1) is 11.8 Å². The normalized spacial score (nSPS) is 10.8. The van der Waals surface area contributed by atoms with Crippen molar-refractivity contribution in [2.45, 2.75) is 51.3 Å². The van der Waals surface area contributed by atoms with Crippen LogP contribution >= 0.6 is 11.8 Å². The van der Waals surface area contributed by atoms with Gasteiger partial charge < -0.3 is 14.7 Å². The van der Waals surface area contributed by atoms with Crippen LogP contribution in [0.25, 0.3) is 0 Å². The van der Waals surface area contributed by atoms with Crippen molar-refractivity contribution in [2.75, 3.05) is 23.7 Å². The highest BCUT2D eigenvalue weighted by atomic mass is 32.2. The standard InChI is InChI=1S/C23H29F2NO3S/c1-4-7-11-26(12-8-5-2)19-13-16(23(27)28)14-21(30-6-3)22(19)29-20-10-9-17(24)15-18(20)25/h9-10,13-15H,4-8,11-12H2,1-3H3,(H,27,28). The monoisotopic (exact) mass is 437 g/mol. The molecule has 1 N–H and O–H groups in total. The Morgan fingerprint density at radius 3 is 2.27 bits per heavy atom. The van der Waals surface area contributed by atoms with Crippen molar-refractivity contribution in [1.82, 2.24) is 0 Å². The minimum Gasteiger partial charge on any atom is -0.478 e. The Kier molecular flexibility index (Phi) is 9.43. The molecular weight excluding hydrogens is 408 g/mol. The van der Waals surface area contributed by atoms with Crippen LogP contribution < -0.4 is 9.64 Å². The molecule has 0 atom stereocenters. The molecular formula is C23H29F2NO3S. The molecule has 0 fully saturated rings. The molecule has 2 rings (SSSR count). The summed E-state index contributed by atoms with van der Waals surface area (Å²) in [6, 6.07) is 6.31. The summed E-state index contributed by atoms with van der Waals surface area (Å²) in [6.07, 6.45) is 3.84. The Balaban J connectivity index is 2.62. The number of hydrogen-bond donors (Lipinski definition) is 1. The lowest BCUT2D eigenvalue weighted by molar-refractivity contribution is 0.0696. The van der Waals surface area contributed by atoms with Crippen molar-refractivity contribution in [3.8, 4) is 11.5 Å². The summed E-state index contributed by atoms with van der Waals surface area (Å²) in [6.45, 7) is 7.60. The number of thioether (sulfide) groups is 1. The van der Waals surface area contributed by atoms with Crippen LogP contribution in [0.1, 0.15) is 56.8 Å². The maximum Gasteiger partial charge on any atom is 0.335 e. The number of anilines is 1. The number of unbranched alkanes of at least 4 members (excludes halogenated alkanes) is 2. The molecule has 2 aromatic carbocycles. The number of benzene rings is 2. The zero-order valence-electron chi connectivity index (χ0n) is 17.7. The fraction of sp³-hybridized carbons (Fsp3) is 0.435. The number of ether oxygens (including phenoxy) is 1. The van der Waals surface area contributed by atoms with E-state index in [-0.39, 0.29) is 11.3 Å². The van der Waals surface area contributed by atoms with Gasteiger partial charge in [-0.2, -0.15) is 0 Å². The van der Waals surface area contributed by atoms with Gasteiger partial charge in [-0.05, 0) is 42.9 Å². The molecule has 30 heavy (non-hydrogen) atoms. The lowest BCUT2D eigenvalue weighted by Crippen LogP contribution is -2.26. The molecule has 0 amide bonds. The Bertz CT molecular complexity index is 853. The van der Waals surface area contributed by atoms with Crippen LogP contribution in [0.3, 0.4) is 0 Å². The second kappa shape index (κ2) is 11.8. The molecule has 0 heterocycles. The molecule has 0 saturated carbocycles. The highest BCUT2D eigenvalue weighted by molar-refractivity contribution is 7.99. The first kappa shape index (κ1) is 24.0. The molecule has 2 aromatic rings. The molecule has 0 saturated heterocycles. The first-order valence-electron chi connectivity index (χ1n) is 10.3. The van der Waals surface area contributed by atoms with Crippen LogP contribution in [-0.2, 0) is 0 Å². The number of hydrogen-bond acceptors (Lipinski definition) is 4. The van der Waals surface area contributed by atoms with E-state index in [1.807, 2.05) is 6.92 Å². The first-order chi connectivity index (χ1) is 14.4. The summed E-state index contributed by atoms with van der Waals surface area (Å²) in [4.78, 5) is 14.5. The summed E-state index contributed by atoms with van der Waals surface area (Å²) >= 11 is 1.43. The van der Waals surface area contributed by atoms with Crippen molar-refractivity contribution in [1.29, 1.82) is 0 Å². The number of aromatic carboxylic acids is 1. The number of rotatable bonds is 12. The first-order valence-corrected chi connectivity index (χ1v) is 11.3. The maximum atomic E-state index is 14.3. The quantitative estimate of drug-likeness (QED) is 0.363. The van der Waals surface area contributed by atoms with Gasteiger partial charge in [0.2, 0.25) is 0 Å². The van der Waals surface area contributed by atoms with Crippen LogP contribution in [0.5, 0.6) is 11.5 Å². The van der Waals surface area contributed by atoms with Gasteiger partial charge in [0.25, 0.3) is 0 Å². The molecule has 0 aliphatic heterocycles.